The number of ether oxygens (including phenoxy) is 3. The zero-order valence-electron chi connectivity index (χ0n) is 19.5. The van der Waals surface area contributed by atoms with Crippen molar-refractivity contribution in [1.29, 1.82) is 0 Å². The monoisotopic (exact) mass is 475 g/mol. The minimum atomic E-state index is -0.665. The second-order valence-corrected chi connectivity index (χ2v) is 8.73. The van der Waals surface area contributed by atoms with Crippen LogP contribution >= 0.6 is 0 Å². The van der Waals surface area contributed by atoms with Crippen molar-refractivity contribution in [3.8, 4) is 11.3 Å². The molecule has 1 aromatic carbocycles. The summed E-state index contributed by atoms with van der Waals surface area (Å²) in [4.78, 5) is 4.30. The van der Waals surface area contributed by atoms with E-state index >= 15 is 0 Å². The molecule has 9 heteroatoms. The van der Waals surface area contributed by atoms with Crippen molar-refractivity contribution in [3.63, 3.8) is 0 Å². The summed E-state index contributed by atoms with van der Waals surface area (Å²) in [7, 11) is 0. The fourth-order valence-corrected chi connectivity index (χ4v) is 4.43. The van der Waals surface area contributed by atoms with Crippen molar-refractivity contribution in [1.82, 2.24) is 10.1 Å². The number of morpholine rings is 1. The Balaban J connectivity index is 1.59. The van der Waals surface area contributed by atoms with Crippen LogP contribution in [0.2, 0.25) is 0 Å². The van der Waals surface area contributed by atoms with E-state index in [2.05, 4.69) is 21.5 Å². The van der Waals surface area contributed by atoms with Crippen molar-refractivity contribution >= 4 is 5.88 Å². The number of nitrogens with zero attached hydrogens (tertiary/aromatic N) is 3. The van der Waals surface area contributed by atoms with E-state index < -0.39 is 6.10 Å². The molecular formula is C25H34FN3O5. The first-order chi connectivity index (χ1) is 16.6. The summed E-state index contributed by atoms with van der Waals surface area (Å²) in [6, 6.07) is 6.27. The minimum Gasteiger partial charge on any atom is -0.389 e. The van der Waals surface area contributed by atoms with Crippen molar-refractivity contribution in [3.05, 3.63) is 48.3 Å². The molecule has 2 aromatic rings. The summed E-state index contributed by atoms with van der Waals surface area (Å²) in [5, 5.41) is 15.0. The van der Waals surface area contributed by atoms with Gasteiger partial charge in [0.1, 0.15) is 11.5 Å². The Morgan fingerprint density at radius 1 is 1.26 bits per heavy atom. The maximum absolute atomic E-state index is 13.6. The standard InChI is InChI=1S/C25H34FN3O5/c1-2-11-32-18-21(30)15-28(16-22-4-3-12-33-22)17-23-24(19-5-7-20(26)8-6-19)27-34-25(23)29-9-13-31-14-10-29/h2,5-8,21-22,30H,1,3-4,9-18H2/t21-,22-/m1/s1. The largest absolute Gasteiger partial charge is 0.389 e. The topological polar surface area (TPSA) is 80.4 Å². The first kappa shape index (κ1) is 24.8. The van der Waals surface area contributed by atoms with Gasteiger partial charge in [-0.2, -0.15) is 0 Å². The molecule has 0 amide bonds. The van der Waals surface area contributed by atoms with Crippen LogP contribution in [-0.2, 0) is 20.8 Å². The van der Waals surface area contributed by atoms with Gasteiger partial charge in [0.15, 0.2) is 0 Å². The predicted molar refractivity (Wildman–Crippen MR) is 126 cm³/mol. The van der Waals surface area contributed by atoms with Gasteiger partial charge in [-0.25, -0.2) is 4.39 Å². The number of hydrogen-bond acceptors (Lipinski definition) is 8. The smallest absolute Gasteiger partial charge is 0.232 e. The maximum Gasteiger partial charge on any atom is 0.232 e. The van der Waals surface area contributed by atoms with Crippen LogP contribution in [-0.4, -0.2) is 86.6 Å². The first-order valence-corrected chi connectivity index (χ1v) is 11.9. The van der Waals surface area contributed by atoms with E-state index in [4.69, 9.17) is 18.7 Å². The third-order valence-electron chi connectivity index (χ3n) is 6.07. The maximum atomic E-state index is 13.6. The highest BCUT2D eigenvalue weighted by Crippen LogP contribution is 2.33. The number of rotatable bonds is 12. The van der Waals surface area contributed by atoms with Crippen molar-refractivity contribution in [2.45, 2.75) is 31.6 Å². The highest BCUT2D eigenvalue weighted by molar-refractivity contribution is 5.68. The molecule has 2 saturated heterocycles. The lowest BCUT2D eigenvalue weighted by Crippen LogP contribution is -2.40. The molecule has 3 heterocycles. The quantitative estimate of drug-likeness (QED) is 0.371. The molecule has 0 unspecified atom stereocenters. The molecule has 0 spiro atoms. The summed E-state index contributed by atoms with van der Waals surface area (Å²) >= 11 is 0. The fraction of sp³-hybridized carbons (Fsp3) is 0.560. The Labute approximate surface area is 199 Å². The second-order valence-electron chi connectivity index (χ2n) is 8.73. The average Bonchev–Trinajstić information content (AvgIpc) is 3.50. The highest BCUT2D eigenvalue weighted by Gasteiger charge is 2.28. The van der Waals surface area contributed by atoms with E-state index in [1.165, 1.54) is 12.1 Å². The van der Waals surface area contributed by atoms with Gasteiger partial charge in [-0.15, -0.1) is 6.58 Å². The Bertz CT molecular complexity index is 894. The van der Waals surface area contributed by atoms with E-state index in [-0.39, 0.29) is 18.5 Å². The lowest BCUT2D eigenvalue weighted by atomic mass is 10.1. The van der Waals surface area contributed by atoms with Crippen LogP contribution in [0.25, 0.3) is 11.3 Å². The summed E-state index contributed by atoms with van der Waals surface area (Å²) in [5.41, 5.74) is 2.37. The molecule has 2 fully saturated rings. The number of aliphatic hydroxyl groups is 1. The molecule has 8 nitrogen and oxygen atoms in total. The van der Waals surface area contributed by atoms with Crippen LogP contribution in [0.5, 0.6) is 0 Å². The number of aliphatic hydroxyl groups excluding tert-OH is 1. The number of halogens is 1. The zero-order chi connectivity index (χ0) is 23.8. The minimum absolute atomic E-state index is 0.113. The number of benzene rings is 1. The Hall–Kier alpha value is -2.30. The lowest BCUT2D eigenvalue weighted by Gasteiger charge is -2.30. The van der Waals surface area contributed by atoms with Crippen LogP contribution < -0.4 is 4.90 Å². The number of anilines is 1. The molecule has 0 saturated carbocycles. The van der Waals surface area contributed by atoms with Crippen LogP contribution in [0.4, 0.5) is 10.3 Å². The summed E-state index contributed by atoms with van der Waals surface area (Å²) in [5.74, 6) is 0.391. The molecule has 1 N–H and O–H groups in total. The van der Waals surface area contributed by atoms with E-state index in [1.54, 1.807) is 18.2 Å². The van der Waals surface area contributed by atoms with Gasteiger partial charge in [-0.3, -0.25) is 4.90 Å². The van der Waals surface area contributed by atoms with Crippen molar-refractivity contribution in [2.24, 2.45) is 0 Å². The molecule has 4 rings (SSSR count). The Morgan fingerprint density at radius 2 is 2.06 bits per heavy atom. The van der Waals surface area contributed by atoms with E-state index in [9.17, 15) is 9.50 Å². The highest BCUT2D eigenvalue weighted by atomic mass is 19.1. The van der Waals surface area contributed by atoms with Crippen LogP contribution in [0.15, 0.2) is 41.4 Å². The van der Waals surface area contributed by atoms with Gasteiger partial charge < -0.3 is 28.7 Å². The summed E-state index contributed by atoms with van der Waals surface area (Å²) in [6.45, 7) is 9.25. The van der Waals surface area contributed by atoms with Crippen molar-refractivity contribution < 1.29 is 28.2 Å². The SMILES string of the molecule is C=CCOC[C@H](O)CN(Cc1c(-c2ccc(F)cc2)noc1N1CCOCC1)C[C@H]1CCCO1. The number of aromatic nitrogens is 1. The lowest BCUT2D eigenvalue weighted by molar-refractivity contribution is 0.00857. The molecule has 0 aliphatic carbocycles. The van der Waals surface area contributed by atoms with Gasteiger partial charge in [0, 0.05) is 44.9 Å². The van der Waals surface area contributed by atoms with Gasteiger partial charge >= 0.3 is 0 Å². The van der Waals surface area contributed by atoms with E-state index in [1.807, 2.05) is 0 Å². The molecule has 2 aliphatic heterocycles. The van der Waals surface area contributed by atoms with Gasteiger partial charge in [0.2, 0.25) is 5.88 Å². The zero-order valence-corrected chi connectivity index (χ0v) is 19.5. The van der Waals surface area contributed by atoms with Crippen molar-refractivity contribution in [2.75, 3.05) is 64.1 Å². The third kappa shape index (κ3) is 6.64. The molecule has 186 valence electrons. The van der Waals surface area contributed by atoms with Gasteiger partial charge in [-0.05, 0) is 37.1 Å². The molecule has 34 heavy (non-hydrogen) atoms. The Kier molecular flexibility index (Phi) is 9.06. The first-order valence-electron chi connectivity index (χ1n) is 11.9. The third-order valence-corrected chi connectivity index (χ3v) is 6.07. The second kappa shape index (κ2) is 12.4. The van der Waals surface area contributed by atoms with Crippen LogP contribution in [0.3, 0.4) is 0 Å². The molecule has 2 atom stereocenters. The van der Waals surface area contributed by atoms with E-state index in [0.717, 1.165) is 30.6 Å². The molecule has 0 radical (unpaired) electrons. The van der Waals surface area contributed by atoms with Gasteiger partial charge in [-0.1, -0.05) is 11.2 Å². The molecule has 1 aromatic heterocycles. The van der Waals surface area contributed by atoms with Gasteiger partial charge in [0.25, 0.3) is 0 Å². The molecule has 0 bridgehead atoms. The number of hydrogen-bond donors (Lipinski definition) is 1. The Morgan fingerprint density at radius 3 is 2.76 bits per heavy atom. The summed E-state index contributed by atoms with van der Waals surface area (Å²) in [6.07, 6.45) is 3.14. The fourth-order valence-electron chi connectivity index (χ4n) is 4.43. The molecule has 2 aliphatic rings. The summed E-state index contributed by atoms with van der Waals surface area (Å²) < 4.78 is 36.3. The molecular weight excluding hydrogens is 441 g/mol. The van der Waals surface area contributed by atoms with E-state index in [0.29, 0.717) is 64.1 Å². The normalized spacial score (nSPS) is 19.6. The van der Waals surface area contributed by atoms with Crippen LogP contribution in [0.1, 0.15) is 18.4 Å². The predicted octanol–water partition coefficient (Wildman–Crippen LogP) is 2.86. The average molecular weight is 476 g/mol. The van der Waals surface area contributed by atoms with Gasteiger partial charge in [0.05, 0.1) is 44.2 Å². The van der Waals surface area contributed by atoms with Crippen LogP contribution in [0, 0.1) is 5.82 Å².